The first-order valence-electron chi connectivity index (χ1n) is 7.01. The Kier molecular flexibility index (Phi) is 4.54. The largest absolute Gasteiger partial charge is 0.359 e. The lowest BCUT2D eigenvalue weighted by Gasteiger charge is -2.07. The van der Waals surface area contributed by atoms with Crippen molar-refractivity contribution in [3.63, 3.8) is 0 Å². The Bertz CT molecular complexity index is 708. The summed E-state index contributed by atoms with van der Waals surface area (Å²) in [5, 5.41) is 19.0. The Balaban J connectivity index is 1.53. The first-order valence-corrected chi connectivity index (χ1v) is 7.78. The van der Waals surface area contributed by atoms with Gasteiger partial charge >= 0.3 is 0 Å². The maximum absolute atomic E-state index is 4.35. The van der Waals surface area contributed by atoms with Crippen molar-refractivity contribution in [3.8, 4) is 5.69 Å². The van der Waals surface area contributed by atoms with Crippen molar-refractivity contribution < 1.29 is 0 Å². The summed E-state index contributed by atoms with van der Waals surface area (Å²) in [5.41, 5.74) is 0.916. The van der Waals surface area contributed by atoms with Gasteiger partial charge in [-0.15, -0.1) is 0 Å². The molecular formula is C13H16N8S. The number of nitrogens with one attached hydrogen (secondary N) is 2. The Hall–Kier alpha value is -2.55. The molecule has 0 aliphatic carbocycles. The fourth-order valence-electron chi connectivity index (χ4n) is 1.85. The van der Waals surface area contributed by atoms with Crippen molar-refractivity contribution in [3.05, 3.63) is 36.2 Å². The first-order chi connectivity index (χ1) is 10.9. The van der Waals surface area contributed by atoms with Crippen LogP contribution in [0.4, 0.5) is 11.1 Å². The molecule has 1 aromatic carbocycles. The Morgan fingerprint density at radius 2 is 1.95 bits per heavy atom. The number of para-hydroxylation sites is 1. The fourth-order valence-corrected chi connectivity index (χ4v) is 2.53. The number of benzene rings is 1. The number of aryl methyl sites for hydroxylation is 1. The molecule has 8 nitrogen and oxygen atoms in total. The average Bonchev–Trinajstić information content (AvgIpc) is 3.21. The standard InChI is InChI=1S/C13H16N8S/c1-2-11-16-13(22-18-11)15-9-8-14-12-17-19-20-21(12)10-6-4-3-5-7-10/h3-7H,2,8-9H2,1H3,(H,14,17,20)(H,15,16,18). The lowest BCUT2D eigenvalue weighted by atomic mass is 10.3. The van der Waals surface area contributed by atoms with E-state index in [2.05, 4.69) is 35.5 Å². The third kappa shape index (κ3) is 3.37. The quantitative estimate of drug-likeness (QED) is 0.639. The van der Waals surface area contributed by atoms with Gasteiger partial charge in [-0.1, -0.05) is 30.2 Å². The van der Waals surface area contributed by atoms with Crippen LogP contribution in [0.5, 0.6) is 0 Å². The number of rotatable bonds is 7. The highest BCUT2D eigenvalue weighted by molar-refractivity contribution is 7.09. The third-order valence-corrected chi connectivity index (χ3v) is 3.65. The van der Waals surface area contributed by atoms with Crippen LogP contribution in [0, 0.1) is 0 Å². The predicted octanol–water partition coefficient (Wildman–Crippen LogP) is 1.60. The van der Waals surface area contributed by atoms with Crippen LogP contribution >= 0.6 is 11.5 Å². The summed E-state index contributed by atoms with van der Waals surface area (Å²) in [6.07, 6.45) is 0.849. The van der Waals surface area contributed by atoms with Crippen molar-refractivity contribution in [2.24, 2.45) is 0 Å². The van der Waals surface area contributed by atoms with E-state index in [9.17, 15) is 0 Å². The molecule has 0 atom stereocenters. The second kappa shape index (κ2) is 6.94. The normalized spacial score (nSPS) is 10.6. The molecule has 0 amide bonds. The van der Waals surface area contributed by atoms with Gasteiger partial charge < -0.3 is 10.6 Å². The molecule has 2 aromatic heterocycles. The van der Waals surface area contributed by atoms with E-state index >= 15 is 0 Å². The van der Waals surface area contributed by atoms with E-state index in [1.54, 1.807) is 4.68 Å². The average molecular weight is 316 g/mol. The van der Waals surface area contributed by atoms with Crippen LogP contribution in [0.1, 0.15) is 12.7 Å². The van der Waals surface area contributed by atoms with Gasteiger partial charge in [-0.2, -0.15) is 9.06 Å². The van der Waals surface area contributed by atoms with Crippen LogP contribution in [0.25, 0.3) is 5.69 Å². The van der Waals surface area contributed by atoms with Gasteiger partial charge in [0.15, 0.2) is 0 Å². The molecule has 2 N–H and O–H groups in total. The van der Waals surface area contributed by atoms with Gasteiger partial charge in [-0.05, 0) is 22.6 Å². The molecule has 22 heavy (non-hydrogen) atoms. The van der Waals surface area contributed by atoms with Gasteiger partial charge in [-0.25, -0.2) is 4.98 Å². The summed E-state index contributed by atoms with van der Waals surface area (Å²) in [5.74, 6) is 1.48. The lowest BCUT2D eigenvalue weighted by Crippen LogP contribution is -2.16. The molecule has 114 valence electrons. The molecular weight excluding hydrogens is 300 g/mol. The predicted molar refractivity (Wildman–Crippen MR) is 85.4 cm³/mol. The number of nitrogens with zero attached hydrogens (tertiary/aromatic N) is 6. The van der Waals surface area contributed by atoms with Crippen LogP contribution in [-0.2, 0) is 6.42 Å². The van der Waals surface area contributed by atoms with E-state index in [0.29, 0.717) is 19.0 Å². The summed E-state index contributed by atoms with van der Waals surface area (Å²) in [6, 6.07) is 9.75. The van der Waals surface area contributed by atoms with Crippen molar-refractivity contribution in [1.29, 1.82) is 0 Å². The topological polar surface area (TPSA) is 93.4 Å². The molecule has 0 fully saturated rings. The van der Waals surface area contributed by atoms with Gasteiger partial charge in [-0.3, -0.25) is 0 Å². The zero-order valence-electron chi connectivity index (χ0n) is 12.1. The highest BCUT2D eigenvalue weighted by Crippen LogP contribution is 2.11. The van der Waals surface area contributed by atoms with Crippen molar-refractivity contribution in [1.82, 2.24) is 29.6 Å². The van der Waals surface area contributed by atoms with Crippen LogP contribution in [0.2, 0.25) is 0 Å². The molecule has 0 saturated carbocycles. The molecule has 3 aromatic rings. The lowest BCUT2D eigenvalue weighted by molar-refractivity contribution is 0.789. The van der Waals surface area contributed by atoms with Crippen LogP contribution in [0.15, 0.2) is 30.3 Å². The van der Waals surface area contributed by atoms with Gasteiger partial charge in [0.25, 0.3) is 0 Å². The fraction of sp³-hybridized carbons (Fsp3) is 0.308. The molecule has 0 aliphatic rings. The molecule has 0 radical (unpaired) electrons. The molecule has 0 saturated heterocycles. The Morgan fingerprint density at radius 1 is 1.14 bits per heavy atom. The number of tetrazole rings is 1. The smallest absolute Gasteiger partial charge is 0.247 e. The number of aromatic nitrogens is 6. The SMILES string of the molecule is CCc1nsc(NCCNc2nnnn2-c2ccccc2)n1. The molecule has 0 aliphatic heterocycles. The minimum atomic E-state index is 0.611. The van der Waals surface area contributed by atoms with Crippen LogP contribution < -0.4 is 10.6 Å². The second-order valence-corrected chi connectivity index (χ2v) is 5.22. The number of hydrogen-bond donors (Lipinski definition) is 2. The maximum atomic E-state index is 4.35. The second-order valence-electron chi connectivity index (χ2n) is 4.47. The summed E-state index contributed by atoms with van der Waals surface area (Å²) in [7, 11) is 0. The van der Waals surface area contributed by atoms with E-state index in [0.717, 1.165) is 23.1 Å². The first kappa shape index (κ1) is 14.4. The monoisotopic (exact) mass is 316 g/mol. The van der Waals surface area contributed by atoms with Gasteiger partial charge in [0.05, 0.1) is 5.69 Å². The zero-order valence-corrected chi connectivity index (χ0v) is 12.9. The van der Waals surface area contributed by atoms with Crippen LogP contribution in [-0.4, -0.2) is 42.7 Å². The Labute approximate surface area is 131 Å². The maximum Gasteiger partial charge on any atom is 0.247 e. The summed E-state index contributed by atoms with van der Waals surface area (Å²) < 4.78 is 5.90. The molecule has 0 unspecified atom stereocenters. The molecule has 0 spiro atoms. The van der Waals surface area contributed by atoms with E-state index in [-0.39, 0.29) is 0 Å². The Morgan fingerprint density at radius 3 is 2.73 bits per heavy atom. The number of anilines is 2. The van der Waals surface area contributed by atoms with Crippen LogP contribution in [0.3, 0.4) is 0 Å². The molecule has 2 heterocycles. The van der Waals surface area contributed by atoms with Crippen molar-refractivity contribution in [2.75, 3.05) is 23.7 Å². The zero-order chi connectivity index (χ0) is 15.2. The highest BCUT2D eigenvalue weighted by atomic mass is 32.1. The molecule has 0 bridgehead atoms. The third-order valence-electron chi connectivity index (χ3n) is 2.94. The van der Waals surface area contributed by atoms with Gasteiger partial charge in [0.2, 0.25) is 11.1 Å². The van der Waals surface area contributed by atoms with Crippen molar-refractivity contribution >= 4 is 22.6 Å². The van der Waals surface area contributed by atoms with Gasteiger partial charge in [0.1, 0.15) is 5.82 Å². The van der Waals surface area contributed by atoms with E-state index in [1.165, 1.54) is 11.5 Å². The minimum absolute atomic E-state index is 0.611. The van der Waals surface area contributed by atoms with Crippen molar-refractivity contribution in [2.45, 2.75) is 13.3 Å². The van der Waals surface area contributed by atoms with E-state index in [4.69, 9.17) is 0 Å². The van der Waals surface area contributed by atoms with E-state index in [1.807, 2.05) is 37.3 Å². The van der Waals surface area contributed by atoms with E-state index < -0.39 is 0 Å². The summed E-state index contributed by atoms with van der Waals surface area (Å²) in [6.45, 7) is 3.42. The molecule has 9 heteroatoms. The highest BCUT2D eigenvalue weighted by Gasteiger charge is 2.07. The van der Waals surface area contributed by atoms with Gasteiger partial charge in [0, 0.05) is 31.0 Å². The molecule has 3 rings (SSSR count). The minimum Gasteiger partial charge on any atom is -0.359 e. The summed E-state index contributed by atoms with van der Waals surface area (Å²) >= 11 is 1.38. The summed E-state index contributed by atoms with van der Waals surface area (Å²) in [4.78, 5) is 4.35. The number of hydrogen-bond acceptors (Lipinski definition) is 8.